The summed E-state index contributed by atoms with van der Waals surface area (Å²) in [5.74, 6) is -0.497. The van der Waals surface area contributed by atoms with E-state index < -0.39 is 5.97 Å². The quantitative estimate of drug-likeness (QED) is 0.779. The van der Waals surface area contributed by atoms with Gasteiger partial charge < -0.3 is 20.3 Å². The van der Waals surface area contributed by atoms with Crippen molar-refractivity contribution in [3.8, 4) is 5.75 Å². The topological polar surface area (TPSA) is 81.8 Å². The van der Waals surface area contributed by atoms with E-state index in [1.165, 1.54) is 6.07 Å². The molecule has 1 aliphatic rings. The van der Waals surface area contributed by atoms with Crippen molar-refractivity contribution >= 4 is 11.7 Å². The summed E-state index contributed by atoms with van der Waals surface area (Å²) < 4.78 is 10.9. The van der Waals surface area contributed by atoms with Gasteiger partial charge in [-0.2, -0.15) is 0 Å². The molecule has 1 aromatic carbocycles. The molecule has 5 heteroatoms. The average molecular weight is 237 g/mol. The highest BCUT2D eigenvalue weighted by Crippen LogP contribution is 2.23. The molecule has 1 aromatic rings. The SMILES string of the molecule is Nc1ccc(OC2CCOCC2)cc1C(=O)O. The van der Waals surface area contributed by atoms with Crippen LogP contribution >= 0.6 is 0 Å². The van der Waals surface area contributed by atoms with Gasteiger partial charge in [0.25, 0.3) is 0 Å². The molecule has 0 amide bonds. The highest BCUT2D eigenvalue weighted by Gasteiger charge is 2.16. The van der Waals surface area contributed by atoms with Gasteiger partial charge in [-0.05, 0) is 18.2 Å². The van der Waals surface area contributed by atoms with E-state index in [9.17, 15) is 4.79 Å². The van der Waals surface area contributed by atoms with E-state index in [2.05, 4.69) is 0 Å². The van der Waals surface area contributed by atoms with E-state index in [0.29, 0.717) is 19.0 Å². The molecule has 1 aliphatic heterocycles. The lowest BCUT2D eigenvalue weighted by Crippen LogP contribution is -2.26. The Kier molecular flexibility index (Phi) is 3.49. The normalized spacial score (nSPS) is 16.7. The molecule has 0 bridgehead atoms. The first kappa shape index (κ1) is 11.7. The van der Waals surface area contributed by atoms with Crippen LogP contribution in [0.3, 0.4) is 0 Å². The van der Waals surface area contributed by atoms with Gasteiger partial charge in [0.1, 0.15) is 11.9 Å². The highest BCUT2D eigenvalue weighted by molar-refractivity contribution is 5.94. The maximum absolute atomic E-state index is 10.9. The molecule has 1 saturated heterocycles. The molecule has 0 unspecified atom stereocenters. The van der Waals surface area contributed by atoms with E-state index >= 15 is 0 Å². The number of carbonyl (C=O) groups is 1. The van der Waals surface area contributed by atoms with Crippen molar-refractivity contribution in [2.45, 2.75) is 18.9 Å². The standard InChI is InChI=1S/C12H15NO4/c13-11-2-1-9(7-10(11)12(14)15)17-8-3-5-16-6-4-8/h1-2,7-8H,3-6,13H2,(H,14,15). The van der Waals surface area contributed by atoms with Crippen LogP contribution in [0.5, 0.6) is 5.75 Å². The van der Waals surface area contributed by atoms with Crippen molar-refractivity contribution in [3.05, 3.63) is 23.8 Å². The Labute approximate surface area is 99.1 Å². The lowest BCUT2D eigenvalue weighted by atomic mass is 10.1. The second-order valence-electron chi connectivity index (χ2n) is 3.98. The lowest BCUT2D eigenvalue weighted by molar-refractivity contribution is 0.0255. The van der Waals surface area contributed by atoms with Gasteiger partial charge in [-0.3, -0.25) is 0 Å². The van der Waals surface area contributed by atoms with Crippen LogP contribution in [0.1, 0.15) is 23.2 Å². The third-order valence-electron chi connectivity index (χ3n) is 2.73. The van der Waals surface area contributed by atoms with Crippen molar-refractivity contribution in [1.29, 1.82) is 0 Å². The first-order valence-electron chi connectivity index (χ1n) is 5.54. The van der Waals surface area contributed by atoms with E-state index in [0.717, 1.165) is 12.8 Å². The summed E-state index contributed by atoms with van der Waals surface area (Å²) in [6.07, 6.45) is 1.74. The van der Waals surface area contributed by atoms with Crippen molar-refractivity contribution in [1.82, 2.24) is 0 Å². The maximum Gasteiger partial charge on any atom is 0.337 e. The van der Waals surface area contributed by atoms with Crippen LogP contribution in [0, 0.1) is 0 Å². The zero-order valence-electron chi connectivity index (χ0n) is 9.39. The van der Waals surface area contributed by atoms with E-state index in [1.54, 1.807) is 12.1 Å². The molecule has 92 valence electrons. The van der Waals surface area contributed by atoms with Crippen LogP contribution in [-0.2, 0) is 4.74 Å². The summed E-state index contributed by atoms with van der Waals surface area (Å²) in [6, 6.07) is 4.71. The van der Waals surface area contributed by atoms with Crippen LogP contribution in [0.15, 0.2) is 18.2 Å². The average Bonchev–Trinajstić information content (AvgIpc) is 2.32. The van der Waals surface area contributed by atoms with Gasteiger partial charge in [0.15, 0.2) is 0 Å². The number of benzene rings is 1. The Morgan fingerprint density at radius 1 is 1.41 bits per heavy atom. The van der Waals surface area contributed by atoms with E-state index in [1.807, 2.05) is 0 Å². The number of hydrogen-bond acceptors (Lipinski definition) is 4. The largest absolute Gasteiger partial charge is 0.490 e. The second kappa shape index (κ2) is 5.05. The van der Waals surface area contributed by atoms with Gasteiger partial charge in [-0.25, -0.2) is 4.79 Å². The fourth-order valence-corrected chi connectivity index (χ4v) is 1.78. The van der Waals surface area contributed by atoms with E-state index in [4.69, 9.17) is 20.3 Å². The first-order chi connectivity index (χ1) is 8.16. The molecule has 0 aliphatic carbocycles. The molecule has 0 radical (unpaired) electrons. The molecule has 5 nitrogen and oxygen atoms in total. The minimum Gasteiger partial charge on any atom is -0.490 e. The molecule has 3 N–H and O–H groups in total. The maximum atomic E-state index is 10.9. The summed E-state index contributed by atoms with van der Waals surface area (Å²) in [5.41, 5.74) is 5.89. The monoisotopic (exact) mass is 237 g/mol. The number of rotatable bonds is 3. The van der Waals surface area contributed by atoms with Gasteiger partial charge >= 0.3 is 5.97 Å². The molecule has 0 atom stereocenters. The molecule has 1 heterocycles. The Morgan fingerprint density at radius 2 is 2.12 bits per heavy atom. The van der Waals surface area contributed by atoms with Crippen molar-refractivity contribution < 1.29 is 19.4 Å². The number of nitrogens with two attached hydrogens (primary N) is 1. The van der Waals surface area contributed by atoms with Gasteiger partial charge in [0, 0.05) is 18.5 Å². The van der Waals surface area contributed by atoms with Crippen LogP contribution in [-0.4, -0.2) is 30.4 Å². The molecule has 0 aromatic heterocycles. The van der Waals surface area contributed by atoms with Crippen LogP contribution in [0.4, 0.5) is 5.69 Å². The Balaban J connectivity index is 2.10. The summed E-state index contributed by atoms with van der Waals surface area (Å²) in [5, 5.41) is 8.94. The van der Waals surface area contributed by atoms with Crippen molar-refractivity contribution in [2.24, 2.45) is 0 Å². The smallest absolute Gasteiger partial charge is 0.337 e. The third-order valence-corrected chi connectivity index (χ3v) is 2.73. The third kappa shape index (κ3) is 2.88. The molecule has 0 saturated carbocycles. The van der Waals surface area contributed by atoms with Crippen LogP contribution in [0.25, 0.3) is 0 Å². The van der Waals surface area contributed by atoms with E-state index in [-0.39, 0.29) is 17.4 Å². The summed E-state index contributed by atoms with van der Waals surface area (Å²) in [4.78, 5) is 10.9. The predicted molar refractivity (Wildman–Crippen MR) is 62.3 cm³/mol. The predicted octanol–water partition coefficient (Wildman–Crippen LogP) is 1.52. The Hall–Kier alpha value is -1.75. The van der Waals surface area contributed by atoms with Gasteiger partial charge in [0.05, 0.1) is 18.8 Å². The number of carboxylic acid groups (broad SMARTS) is 1. The van der Waals surface area contributed by atoms with Gasteiger partial charge in [-0.15, -0.1) is 0 Å². The summed E-state index contributed by atoms with van der Waals surface area (Å²) in [6.45, 7) is 1.37. The summed E-state index contributed by atoms with van der Waals surface area (Å²) >= 11 is 0. The number of nitrogen functional groups attached to an aromatic ring is 1. The minimum absolute atomic E-state index is 0.0783. The molecule has 2 rings (SSSR count). The lowest BCUT2D eigenvalue weighted by Gasteiger charge is -2.23. The number of carboxylic acids is 1. The fourth-order valence-electron chi connectivity index (χ4n) is 1.78. The van der Waals surface area contributed by atoms with Crippen LogP contribution < -0.4 is 10.5 Å². The van der Waals surface area contributed by atoms with Gasteiger partial charge in [-0.1, -0.05) is 0 Å². The van der Waals surface area contributed by atoms with Gasteiger partial charge in [0.2, 0.25) is 0 Å². The van der Waals surface area contributed by atoms with Crippen molar-refractivity contribution in [3.63, 3.8) is 0 Å². The molecule has 0 spiro atoms. The first-order valence-corrected chi connectivity index (χ1v) is 5.54. The number of ether oxygens (including phenoxy) is 2. The molecule has 17 heavy (non-hydrogen) atoms. The molecular weight excluding hydrogens is 222 g/mol. The molecule has 1 fully saturated rings. The second-order valence-corrected chi connectivity index (χ2v) is 3.98. The summed E-state index contributed by atoms with van der Waals surface area (Å²) in [7, 11) is 0. The Morgan fingerprint density at radius 3 is 2.76 bits per heavy atom. The zero-order valence-corrected chi connectivity index (χ0v) is 9.39. The fraction of sp³-hybridized carbons (Fsp3) is 0.417. The van der Waals surface area contributed by atoms with Crippen molar-refractivity contribution in [2.75, 3.05) is 18.9 Å². The number of anilines is 1. The molecular formula is C12H15NO4. The minimum atomic E-state index is -1.04. The number of aromatic carboxylic acids is 1. The van der Waals surface area contributed by atoms with Crippen LogP contribution in [0.2, 0.25) is 0 Å². The zero-order chi connectivity index (χ0) is 12.3. The highest BCUT2D eigenvalue weighted by atomic mass is 16.5. The Bertz CT molecular complexity index is 413. The number of hydrogen-bond donors (Lipinski definition) is 2.